The molecular weight excluding hydrogens is 719 g/mol. The van der Waals surface area contributed by atoms with Gasteiger partial charge in [-0.05, 0) is 161 Å². The number of ether oxygens (including phenoxy) is 4. The Labute approximate surface area is 339 Å². The highest BCUT2D eigenvalue weighted by molar-refractivity contribution is 5.79. The normalized spacial score (nSPS) is 11.3. The Morgan fingerprint density at radius 2 is 0.586 bits per heavy atom. The lowest BCUT2D eigenvalue weighted by Crippen LogP contribution is -2.09. The van der Waals surface area contributed by atoms with Gasteiger partial charge in [-0.25, -0.2) is 0 Å². The number of nitrogens with zero attached hydrogens (tertiary/aromatic N) is 1. The summed E-state index contributed by atoms with van der Waals surface area (Å²) < 4.78 is 23.1. The van der Waals surface area contributed by atoms with Crippen molar-refractivity contribution in [1.82, 2.24) is 0 Å². The van der Waals surface area contributed by atoms with Crippen molar-refractivity contribution in [2.75, 3.05) is 30.6 Å². The van der Waals surface area contributed by atoms with Crippen LogP contribution >= 0.6 is 0 Å². The molecule has 7 nitrogen and oxygen atoms in total. The van der Waals surface area contributed by atoms with Crippen LogP contribution in [0.15, 0.2) is 194 Å². The summed E-state index contributed by atoms with van der Waals surface area (Å²) in [5, 5.41) is 0. The molecule has 1 unspecified atom stereocenters. The predicted molar refractivity (Wildman–Crippen MR) is 235 cm³/mol. The van der Waals surface area contributed by atoms with E-state index in [0.717, 1.165) is 73.8 Å². The minimum absolute atomic E-state index is 0.00533. The number of nitrogens with two attached hydrogens (primary N) is 2. The van der Waals surface area contributed by atoms with Crippen molar-refractivity contribution >= 4 is 28.4 Å². The fraction of sp³-hybridized carbons (Fsp3) is 0.0588. The summed E-state index contributed by atoms with van der Waals surface area (Å²) in [6.45, 7) is 0. The van der Waals surface area contributed by atoms with Crippen molar-refractivity contribution in [2.45, 2.75) is 5.92 Å². The summed E-state index contributed by atoms with van der Waals surface area (Å²) in [6.07, 6.45) is 0. The van der Waals surface area contributed by atoms with Gasteiger partial charge >= 0.3 is 0 Å². The molecule has 0 bridgehead atoms. The second kappa shape index (κ2) is 17.0. The van der Waals surface area contributed by atoms with Crippen LogP contribution in [0.2, 0.25) is 0 Å². The number of methoxy groups -OCH3 is 2. The summed E-state index contributed by atoms with van der Waals surface area (Å²) in [5.74, 6) is 4.56. The number of hydrogen-bond donors (Lipinski definition) is 2. The van der Waals surface area contributed by atoms with E-state index in [9.17, 15) is 0 Å². The van der Waals surface area contributed by atoms with Crippen molar-refractivity contribution in [3.63, 3.8) is 0 Å². The molecule has 0 aliphatic heterocycles. The zero-order valence-electron chi connectivity index (χ0n) is 32.3. The highest BCUT2D eigenvalue weighted by atomic mass is 16.5. The highest BCUT2D eigenvalue weighted by Crippen LogP contribution is 2.39. The maximum atomic E-state index is 6.10. The molecule has 0 saturated carbocycles. The van der Waals surface area contributed by atoms with E-state index >= 15 is 0 Å². The highest BCUT2D eigenvalue weighted by Gasteiger charge is 2.19. The number of rotatable bonds is 13. The van der Waals surface area contributed by atoms with E-state index in [-0.39, 0.29) is 5.92 Å². The van der Waals surface area contributed by atoms with Crippen LogP contribution in [0, 0.1) is 0 Å². The van der Waals surface area contributed by atoms with E-state index < -0.39 is 0 Å². The summed E-state index contributed by atoms with van der Waals surface area (Å²) in [5.41, 5.74) is 21.8. The van der Waals surface area contributed by atoms with Gasteiger partial charge in [0.2, 0.25) is 0 Å². The third-order valence-electron chi connectivity index (χ3n) is 10.0. The van der Waals surface area contributed by atoms with Gasteiger partial charge in [-0.3, -0.25) is 0 Å². The van der Waals surface area contributed by atoms with E-state index in [2.05, 4.69) is 102 Å². The molecule has 0 amide bonds. The van der Waals surface area contributed by atoms with Gasteiger partial charge < -0.3 is 35.3 Å². The first-order chi connectivity index (χ1) is 28.4. The lowest BCUT2D eigenvalue weighted by Gasteiger charge is -2.26. The first-order valence-electron chi connectivity index (χ1n) is 19.0. The van der Waals surface area contributed by atoms with Gasteiger partial charge in [-0.1, -0.05) is 60.7 Å². The van der Waals surface area contributed by atoms with Crippen LogP contribution in [0.4, 0.5) is 28.4 Å². The van der Waals surface area contributed by atoms with Crippen LogP contribution < -0.4 is 35.3 Å². The van der Waals surface area contributed by atoms with E-state index in [1.54, 1.807) is 14.2 Å². The first-order valence-corrected chi connectivity index (χ1v) is 19.0. The molecule has 8 aromatic carbocycles. The molecule has 7 heteroatoms. The summed E-state index contributed by atoms with van der Waals surface area (Å²) in [6, 6.07) is 64.9. The Bertz CT molecular complexity index is 2360. The minimum atomic E-state index is -0.00533. The van der Waals surface area contributed by atoms with Gasteiger partial charge in [0, 0.05) is 34.4 Å². The second-order valence-electron chi connectivity index (χ2n) is 13.8. The molecule has 0 aromatic heterocycles. The van der Waals surface area contributed by atoms with Crippen molar-refractivity contribution in [2.24, 2.45) is 0 Å². The van der Waals surface area contributed by atoms with Crippen LogP contribution in [0.25, 0.3) is 11.1 Å². The average molecular weight is 762 g/mol. The zero-order valence-corrected chi connectivity index (χ0v) is 32.3. The molecule has 58 heavy (non-hydrogen) atoms. The molecule has 8 rings (SSSR count). The van der Waals surface area contributed by atoms with Crippen molar-refractivity contribution in [3.8, 4) is 45.6 Å². The molecule has 0 radical (unpaired) electrons. The molecular formula is C51H43N3O4. The van der Waals surface area contributed by atoms with Crippen molar-refractivity contribution < 1.29 is 18.9 Å². The third-order valence-corrected chi connectivity index (χ3v) is 10.0. The lowest BCUT2D eigenvalue weighted by atomic mass is 9.84. The van der Waals surface area contributed by atoms with Crippen LogP contribution in [0.5, 0.6) is 34.5 Å². The van der Waals surface area contributed by atoms with Crippen LogP contribution in [0.1, 0.15) is 22.6 Å². The van der Waals surface area contributed by atoms with E-state index in [4.69, 9.17) is 30.4 Å². The van der Waals surface area contributed by atoms with E-state index in [1.807, 2.05) is 97.1 Å². The number of benzene rings is 8. The second-order valence-corrected chi connectivity index (χ2v) is 13.8. The van der Waals surface area contributed by atoms with Gasteiger partial charge in [-0.2, -0.15) is 0 Å². The summed E-state index contributed by atoms with van der Waals surface area (Å²) >= 11 is 0. The molecule has 0 saturated heterocycles. The number of nitrogen functional groups attached to an aromatic ring is 2. The SMILES string of the molecule is COc1ccc(C(c2ccc(Oc3ccc(N)cc3)cc2)c2ccc(-c3ccc(N(c4ccc(OC)cc4)c4ccc(Oc5ccc(N)cc5)cc4)cc3)cc2)cc1. The van der Waals surface area contributed by atoms with Crippen LogP contribution in [-0.2, 0) is 0 Å². The molecule has 4 N–H and O–H groups in total. The Kier molecular flexibility index (Phi) is 10.9. The Morgan fingerprint density at radius 3 is 0.948 bits per heavy atom. The summed E-state index contributed by atoms with van der Waals surface area (Å²) in [7, 11) is 3.36. The van der Waals surface area contributed by atoms with Gasteiger partial charge in [0.25, 0.3) is 0 Å². The molecule has 286 valence electrons. The maximum absolute atomic E-state index is 6.10. The fourth-order valence-electron chi connectivity index (χ4n) is 6.96. The first kappa shape index (κ1) is 37.3. The van der Waals surface area contributed by atoms with E-state index in [1.165, 1.54) is 5.56 Å². The standard InChI is InChI=1S/C51H43N3O4/c1-55-45-23-9-38(10-24-45)51(39-11-25-47(26-12-39)57-48-27-13-40(52)14-28-48)37-5-3-35(4-6-37)36-7-17-42(18-8-36)54(43-19-31-46(56-2)32-20-43)44-21-33-50(34-22-44)58-49-29-15-41(53)16-30-49/h3-34,51H,52-53H2,1-2H3. The van der Waals surface area contributed by atoms with Crippen LogP contribution in [0.3, 0.4) is 0 Å². The minimum Gasteiger partial charge on any atom is -0.497 e. The molecule has 0 heterocycles. The molecule has 0 spiro atoms. The number of anilines is 5. The van der Waals surface area contributed by atoms with Crippen molar-refractivity contribution in [3.05, 3.63) is 211 Å². The molecule has 0 aliphatic rings. The zero-order chi connectivity index (χ0) is 39.8. The Morgan fingerprint density at radius 1 is 0.328 bits per heavy atom. The number of hydrogen-bond acceptors (Lipinski definition) is 7. The molecule has 0 aliphatic carbocycles. The fourth-order valence-corrected chi connectivity index (χ4v) is 6.96. The lowest BCUT2D eigenvalue weighted by molar-refractivity contribution is 0.414. The third kappa shape index (κ3) is 8.59. The Balaban J connectivity index is 1.05. The largest absolute Gasteiger partial charge is 0.497 e. The maximum Gasteiger partial charge on any atom is 0.127 e. The molecule has 8 aromatic rings. The van der Waals surface area contributed by atoms with Gasteiger partial charge in [0.15, 0.2) is 0 Å². The van der Waals surface area contributed by atoms with Crippen LogP contribution in [-0.4, -0.2) is 14.2 Å². The van der Waals surface area contributed by atoms with Gasteiger partial charge in [0.1, 0.15) is 34.5 Å². The smallest absolute Gasteiger partial charge is 0.127 e. The monoisotopic (exact) mass is 761 g/mol. The quantitative estimate of drug-likeness (QED) is 0.0892. The predicted octanol–water partition coefficient (Wildman–Crippen LogP) is 12.8. The molecule has 0 fully saturated rings. The summed E-state index contributed by atoms with van der Waals surface area (Å²) in [4.78, 5) is 2.21. The van der Waals surface area contributed by atoms with Gasteiger partial charge in [-0.15, -0.1) is 0 Å². The average Bonchev–Trinajstić information content (AvgIpc) is 3.27. The Hall–Kier alpha value is -7.64. The molecule has 1 atom stereocenters. The van der Waals surface area contributed by atoms with E-state index in [0.29, 0.717) is 11.4 Å². The van der Waals surface area contributed by atoms with Gasteiger partial charge in [0.05, 0.1) is 14.2 Å². The topological polar surface area (TPSA) is 92.2 Å². The van der Waals surface area contributed by atoms with Crippen molar-refractivity contribution in [1.29, 1.82) is 0 Å².